The molecule has 3 amide bonds. The molecule has 1 N–H and O–H groups in total. The van der Waals surface area contributed by atoms with Crippen molar-refractivity contribution in [2.75, 3.05) is 18.4 Å². The first-order valence-electron chi connectivity index (χ1n) is 10.8. The Morgan fingerprint density at radius 2 is 1.87 bits per heavy atom. The zero-order valence-electron chi connectivity index (χ0n) is 16.9. The molecule has 0 aliphatic carbocycles. The minimum Gasteiger partial charge on any atom is -0.324 e. The number of likely N-dealkylation sites (tertiary alicyclic amines) is 1. The Bertz CT molecular complexity index is 1120. The number of imide groups is 1. The Balaban J connectivity index is 1.43. The lowest BCUT2D eigenvalue weighted by molar-refractivity contribution is -0.145. The number of nitrogens with one attached hydrogen (secondary N) is 1. The predicted molar refractivity (Wildman–Crippen MR) is 118 cm³/mol. The number of nitrogens with zero attached hydrogens (tertiary/aromatic N) is 2. The van der Waals surface area contributed by atoms with Gasteiger partial charge in [-0.3, -0.25) is 24.2 Å². The molecular formula is C24H22BrN3O3. The van der Waals surface area contributed by atoms with E-state index in [9.17, 15) is 14.4 Å². The Morgan fingerprint density at radius 3 is 2.68 bits per heavy atom. The predicted octanol–water partition coefficient (Wildman–Crippen LogP) is 2.92. The van der Waals surface area contributed by atoms with Crippen LogP contribution in [0.1, 0.15) is 24.0 Å². The molecule has 31 heavy (non-hydrogen) atoms. The summed E-state index contributed by atoms with van der Waals surface area (Å²) in [5, 5.41) is 3.01. The van der Waals surface area contributed by atoms with Crippen molar-refractivity contribution in [2.45, 2.75) is 30.8 Å². The number of carbonyl (C=O) groups excluding carboxylic acids is 3. The number of hydrogen-bond acceptors (Lipinski definition) is 4. The highest BCUT2D eigenvalue weighted by Gasteiger charge is 2.74. The summed E-state index contributed by atoms with van der Waals surface area (Å²) in [4.78, 5) is 44.4. The highest BCUT2D eigenvalue weighted by atomic mass is 79.9. The van der Waals surface area contributed by atoms with Crippen LogP contribution in [0.2, 0.25) is 0 Å². The molecule has 2 unspecified atom stereocenters. The third-order valence-corrected chi connectivity index (χ3v) is 8.01. The van der Waals surface area contributed by atoms with Gasteiger partial charge in [-0.1, -0.05) is 46.3 Å². The molecule has 4 aliphatic heterocycles. The standard InChI is InChI=1S/C24H22BrN3O3/c25-15-8-9-17-16(13-15)24(23(31)26-17)20-19(18-7-4-11-28(18)24)21(29)27(22(20)30)12-10-14-5-2-1-3-6-14/h1-3,5-6,8-9,13,18-20H,4,7,10-12H2,(H,26,31)/t18?,19-,20+,24?/m1/s1. The van der Waals surface area contributed by atoms with Crippen molar-refractivity contribution in [1.29, 1.82) is 0 Å². The van der Waals surface area contributed by atoms with E-state index >= 15 is 0 Å². The molecule has 0 radical (unpaired) electrons. The number of halogens is 1. The molecule has 158 valence electrons. The van der Waals surface area contributed by atoms with Crippen LogP contribution >= 0.6 is 15.9 Å². The van der Waals surface area contributed by atoms with Gasteiger partial charge >= 0.3 is 0 Å². The third-order valence-electron chi connectivity index (χ3n) is 7.51. The maximum Gasteiger partial charge on any atom is 0.250 e. The van der Waals surface area contributed by atoms with Gasteiger partial charge in [-0.2, -0.15) is 0 Å². The van der Waals surface area contributed by atoms with Crippen LogP contribution in [0.3, 0.4) is 0 Å². The van der Waals surface area contributed by atoms with Crippen LogP contribution in [-0.2, 0) is 26.3 Å². The minimum absolute atomic E-state index is 0.0705. The zero-order chi connectivity index (χ0) is 21.3. The van der Waals surface area contributed by atoms with Crippen LogP contribution in [0.4, 0.5) is 5.69 Å². The van der Waals surface area contributed by atoms with Crippen molar-refractivity contribution in [3.63, 3.8) is 0 Å². The van der Waals surface area contributed by atoms with E-state index in [2.05, 4.69) is 26.1 Å². The van der Waals surface area contributed by atoms with Gasteiger partial charge < -0.3 is 5.32 Å². The lowest BCUT2D eigenvalue weighted by atomic mass is 9.75. The lowest BCUT2D eigenvalue weighted by Crippen LogP contribution is -2.54. The lowest BCUT2D eigenvalue weighted by Gasteiger charge is -2.36. The summed E-state index contributed by atoms with van der Waals surface area (Å²) in [6, 6.07) is 15.5. The van der Waals surface area contributed by atoms with Gasteiger partial charge in [0.25, 0.3) is 0 Å². The zero-order valence-corrected chi connectivity index (χ0v) is 18.5. The number of hydrogen-bond donors (Lipinski definition) is 1. The molecule has 7 heteroatoms. The molecule has 6 rings (SSSR count). The summed E-state index contributed by atoms with van der Waals surface area (Å²) < 4.78 is 0.860. The Morgan fingerprint density at radius 1 is 1.06 bits per heavy atom. The Labute approximate surface area is 188 Å². The average molecular weight is 480 g/mol. The molecule has 0 saturated carbocycles. The van der Waals surface area contributed by atoms with E-state index in [0.29, 0.717) is 13.0 Å². The van der Waals surface area contributed by atoms with Crippen molar-refractivity contribution in [3.8, 4) is 0 Å². The monoisotopic (exact) mass is 479 g/mol. The highest BCUT2D eigenvalue weighted by molar-refractivity contribution is 9.10. The van der Waals surface area contributed by atoms with Crippen LogP contribution in [0, 0.1) is 11.8 Å². The maximum atomic E-state index is 13.7. The molecule has 6 nitrogen and oxygen atoms in total. The SMILES string of the molecule is O=C1[C@@H]2C3CCCN3C3(C(=O)Nc4ccc(Br)cc43)[C@@H]2C(=O)N1CCc1ccccc1. The normalized spacial score (nSPS) is 31.3. The first kappa shape index (κ1) is 19.2. The molecular weight excluding hydrogens is 458 g/mol. The smallest absolute Gasteiger partial charge is 0.250 e. The highest BCUT2D eigenvalue weighted by Crippen LogP contribution is 2.60. The first-order chi connectivity index (χ1) is 15.0. The van der Waals surface area contributed by atoms with E-state index in [1.807, 2.05) is 48.5 Å². The van der Waals surface area contributed by atoms with Crippen molar-refractivity contribution < 1.29 is 14.4 Å². The Kier molecular flexibility index (Phi) is 4.17. The maximum absolute atomic E-state index is 13.7. The van der Waals surface area contributed by atoms with Crippen LogP contribution < -0.4 is 5.32 Å². The number of rotatable bonds is 3. The van der Waals surface area contributed by atoms with Crippen molar-refractivity contribution >= 4 is 39.3 Å². The molecule has 2 aromatic rings. The topological polar surface area (TPSA) is 69.7 Å². The second-order valence-corrected chi connectivity index (χ2v) is 9.80. The largest absolute Gasteiger partial charge is 0.324 e. The summed E-state index contributed by atoms with van der Waals surface area (Å²) in [6.07, 6.45) is 2.39. The molecule has 3 fully saturated rings. The average Bonchev–Trinajstić information content (AvgIpc) is 3.47. The van der Waals surface area contributed by atoms with Crippen LogP contribution in [0.15, 0.2) is 53.0 Å². The number of anilines is 1. The quantitative estimate of drug-likeness (QED) is 0.687. The van der Waals surface area contributed by atoms with E-state index in [1.54, 1.807) is 0 Å². The number of carbonyl (C=O) groups is 3. The van der Waals surface area contributed by atoms with E-state index < -0.39 is 17.4 Å². The molecule has 0 bridgehead atoms. The second kappa shape index (κ2) is 6.74. The van der Waals surface area contributed by atoms with Crippen LogP contribution in [0.5, 0.6) is 0 Å². The van der Waals surface area contributed by atoms with Crippen molar-refractivity contribution in [2.24, 2.45) is 11.8 Å². The molecule has 2 aromatic carbocycles. The summed E-state index contributed by atoms with van der Waals surface area (Å²) in [6.45, 7) is 1.08. The summed E-state index contributed by atoms with van der Waals surface area (Å²) in [5.74, 6) is -1.62. The van der Waals surface area contributed by atoms with Gasteiger partial charge in [0.15, 0.2) is 0 Å². The molecule has 3 saturated heterocycles. The van der Waals surface area contributed by atoms with Crippen molar-refractivity contribution in [3.05, 3.63) is 64.1 Å². The molecule has 4 heterocycles. The van der Waals surface area contributed by atoms with Crippen molar-refractivity contribution in [1.82, 2.24) is 9.80 Å². The second-order valence-electron chi connectivity index (χ2n) is 8.88. The number of benzene rings is 2. The minimum atomic E-state index is -1.10. The number of amides is 3. The number of fused-ring (bicyclic) bond motifs is 7. The fourth-order valence-corrected chi connectivity index (χ4v) is 6.70. The van der Waals surface area contributed by atoms with Gasteiger partial charge in [-0.05, 0) is 49.6 Å². The van der Waals surface area contributed by atoms with Gasteiger partial charge in [-0.25, -0.2) is 0 Å². The van der Waals surface area contributed by atoms with Gasteiger partial charge in [0.1, 0.15) is 5.54 Å². The van der Waals surface area contributed by atoms with Gasteiger partial charge in [0, 0.05) is 28.3 Å². The van der Waals surface area contributed by atoms with E-state index in [1.165, 1.54) is 4.90 Å². The summed E-state index contributed by atoms with van der Waals surface area (Å²) in [7, 11) is 0. The van der Waals surface area contributed by atoms with E-state index in [0.717, 1.165) is 40.7 Å². The van der Waals surface area contributed by atoms with Crippen LogP contribution in [0.25, 0.3) is 0 Å². The summed E-state index contributed by atoms with van der Waals surface area (Å²) in [5.41, 5.74) is 1.55. The van der Waals surface area contributed by atoms with E-state index in [-0.39, 0.29) is 23.8 Å². The third kappa shape index (κ3) is 2.44. The molecule has 0 aromatic heterocycles. The van der Waals surface area contributed by atoms with Crippen LogP contribution in [-0.4, -0.2) is 46.7 Å². The van der Waals surface area contributed by atoms with Gasteiger partial charge in [0.05, 0.1) is 11.8 Å². The van der Waals surface area contributed by atoms with E-state index in [4.69, 9.17) is 0 Å². The van der Waals surface area contributed by atoms with Gasteiger partial charge in [0.2, 0.25) is 17.7 Å². The van der Waals surface area contributed by atoms with Gasteiger partial charge in [-0.15, -0.1) is 0 Å². The fourth-order valence-electron chi connectivity index (χ4n) is 6.34. The molecule has 4 aliphatic rings. The first-order valence-corrected chi connectivity index (χ1v) is 11.6. The fraction of sp³-hybridized carbons (Fsp3) is 0.375. The Hall–Kier alpha value is -2.51. The molecule has 4 atom stereocenters. The summed E-state index contributed by atoms with van der Waals surface area (Å²) >= 11 is 3.53. The molecule has 1 spiro atoms.